The molecule has 0 unspecified atom stereocenters. The minimum absolute atomic E-state index is 0.321. The predicted molar refractivity (Wildman–Crippen MR) is 111 cm³/mol. The van der Waals surface area contributed by atoms with Gasteiger partial charge in [0.25, 0.3) is 5.91 Å². The number of methoxy groups -OCH3 is 1. The third-order valence-corrected chi connectivity index (χ3v) is 5.12. The molecule has 0 atom stereocenters. The molecule has 152 valence electrons. The summed E-state index contributed by atoms with van der Waals surface area (Å²) in [5.41, 5.74) is 2.65. The first kappa shape index (κ1) is 19.6. The van der Waals surface area contributed by atoms with Gasteiger partial charge in [0, 0.05) is 17.1 Å². The van der Waals surface area contributed by atoms with Crippen LogP contribution in [0.5, 0.6) is 5.75 Å². The van der Waals surface area contributed by atoms with Gasteiger partial charge < -0.3 is 4.74 Å². The third-order valence-electron chi connectivity index (χ3n) is 4.48. The first-order valence-corrected chi connectivity index (χ1v) is 9.72. The van der Waals surface area contributed by atoms with Crippen LogP contribution in [0.3, 0.4) is 0 Å². The van der Waals surface area contributed by atoms with Crippen molar-refractivity contribution in [3.8, 4) is 23.0 Å². The number of ether oxygens (including phenoxy) is 1. The molecular formula is C20H17FN6O2S. The fourth-order valence-corrected chi connectivity index (χ4v) is 3.36. The van der Waals surface area contributed by atoms with Crippen LogP contribution in [0.2, 0.25) is 0 Å². The Morgan fingerprint density at radius 2 is 2.03 bits per heavy atom. The Morgan fingerprint density at radius 3 is 2.80 bits per heavy atom. The number of aromatic nitrogens is 5. The van der Waals surface area contributed by atoms with Gasteiger partial charge in [-0.05, 0) is 49.7 Å². The summed E-state index contributed by atoms with van der Waals surface area (Å²) >= 11 is 1.03. The van der Waals surface area contributed by atoms with Gasteiger partial charge in [-0.3, -0.25) is 10.1 Å². The lowest BCUT2D eigenvalue weighted by Gasteiger charge is -2.04. The molecule has 4 aromatic rings. The lowest BCUT2D eigenvalue weighted by molar-refractivity contribution is 0.102. The molecule has 2 heterocycles. The molecule has 2 aromatic heterocycles. The van der Waals surface area contributed by atoms with Gasteiger partial charge in [0.1, 0.15) is 11.6 Å². The normalized spacial score (nSPS) is 10.8. The van der Waals surface area contributed by atoms with Crippen molar-refractivity contribution in [2.24, 2.45) is 0 Å². The summed E-state index contributed by atoms with van der Waals surface area (Å²) in [7, 11) is 1.54. The fourth-order valence-electron chi connectivity index (χ4n) is 2.80. The molecule has 0 aliphatic carbocycles. The summed E-state index contributed by atoms with van der Waals surface area (Å²) in [6, 6.07) is 11.6. The molecule has 0 fully saturated rings. The molecule has 10 heteroatoms. The molecule has 1 N–H and O–H groups in total. The first-order chi connectivity index (χ1) is 14.5. The zero-order valence-electron chi connectivity index (χ0n) is 16.4. The lowest BCUT2D eigenvalue weighted by Crippen LogP contribution is -2.11. The average Bonchev–Trinajstić information content (AvgIpc) is 3.36. The summed E-state index contributed by atoms with van der Waals surface area (Å²) in [5, 5.41) is 11.3. The van der Waals surface area contributed by atoms with Crippen LogP contribution >= 0.6 is 11.5 Å². The van der Waals surface area contributed by atoms with E-state index in [9.17, 15) is 9.18 Å². The van der Waals surface area contributed by atoms with Crippen LogP contribution < -0.4 is 10.1 Å². The molecule has 0 spiro atoms. The van der Waals surface area contributed by atoms with E-state index in [0.29, 0.717) is 44.9 Å². The number of anilines is 1. The number of nitrogens with one attached hydrogen (secondary N) is 1. The van der Waals surface area contributed by atoms with Crippen molar-refractivity contribution >= 4 is 22.6 Å². The van der Waals surface area contributed by atoms with Crippen LogP contribution in [-0.2, 0) is 0 Å². The molecule has 4 rings (SSSR count). The van der Waals surface area contributed by atoms with E-state index in [0.717, 1.165) is 11.5 Å². The maximum absolute atomic E-state index is 13.9. The van der Waals surface area contributed by atoms with Crippen molar-refractivity contribution < 1.29 is 13.9 Å². The number of rotatable bonds is 5. The fraction of sp³-hybridized carbons (Fsp3) is 0.150. The van der Waals surface area contributed by atoms with Crippen molar-refractivity contribution in [3.05, 3.63) is 65.1 Å². The molecule has 30 heavy (non-hydrogen) atoms. The van der Waals surface area contributed by atoms with Crippen LogP contribution in [0.15, 0.2) is 42.5 Å². The number of halogens is 1. The molecule has 0 radical (unpaired) electrons. The van der Waals surface area contributed by atoms with E-state index in [1.165, 1.54) is 17.9 Å². The third kappa shape index (κ3) is 3.77. The second-order valence-electron chi connectivity index (χ2n) is 6.48. The van der Waals surface area contributed by atoms with E-state index in [1.807, 2.05) is 0 Å². The maximum Gasteiger partial charge on any atom is 0.257 e. The Hall–Kier alpha value is -3.66. The summed E-state index contributed by atoms with van der Waals surface area (Å²) < 4.78 is 24.8. The van der Waals surface area contributed by atoms with Crippen molar-refractivity contribution in [2.75, 3.05) is 12.4 Å². The highest BCUT2D eigenvalue weighted by Crippen LogP contribution is 2.25. The lowest BCUT2D eigenvalue weighted by atomic mass is 10.2. The van der Waals surface area contributed by atoms with Gasteiger partial charge in [-0.25, -0.2) is 9.07 Å². The average molecular weight is 424 g/mol. The largest absolute Gasteiger partial charge is 0.497 e. The zero-order valence-corrected chi connectivity index (χ0v) is 17.2. The van der Waals surface area contributed by atoms with Crippen LogP contribution in [0.4, 0.5) is 9.52 Å². The van der Waals surface area contributed by atoms with E-state index < -0.39 is 0 Å². The Morgan fingerprint density at radius 1 is 1.20 bits per heavy atom. The quantitative estimate of drug-likeness (QED) is 0.524. The van der Waals surface area contributed by atoms with Crippen LogP contribution in [0.1, 0.15) is 21.6 Å². The SMILES string of the molecule is COc1cccc(C(=O)Nc2nc(-c3nnn(-c4ccc(C)c(F)c4)c3C)ns2)c1. The monoisotopic (exact) mass is 424 g/mol. The van der Waals surface area contributed by atoms with Gasteiger partial charge in [0.2, 0.25) is 5.13 Å². The van der Waals surface area contributed by atoms with Gasteiger partial charge in [0.05, 0.1) is 18.5 Å². The van der Waals surface area contributed by atoms with Crippen molar-refractivity contribution in [1.82, 2.24) is 24.4 Å². The standard InChI is InChI=1S/C20H17FN6O2S/c1-11-7-8-14(10-16(11)21)27-12(2)17(24-26-27)18-22-20(30-25-18)23-19(28)13-5-4-6-15(9-13)29-3/h4-10H,1-3H3,(H,22,23,25,28). The van der Waals surface area contributed by atoms with Gasteiger partial charge in [-0.15, -0.1) is 5.10 Å². The number of amides is 1. The molecule has 2 aromatic carbocycles. The number of aryl methyl sites for hydroxylation is 1. The number of hydrogen-bond donors (Lipinski definition) is 1. The predicted octanol–water partition coefficient (Wildman–Crippen LogP) is 3.80. The van der Waals surface area contributed by atoms with Gasteiger partial charge in [-0.1, -0.05) is 17.3 Å². The van der Waals surface area contributed by atoms with Crippen molar-refractivity contribution in [1.29, 1.82) is 0 Å². The Balaban J connectivity index is 1.56. The number of hydrogen-bond acceptors (Lipinski definition) is 7. The molecule has 1 amide bonds. The van der Waals surface area contributed by atoms with E-state index in [2.05, 4.69) is 25.0 Å². The second-order valence-corrected chi connectivity index (χ2v) is 7.23. The molecule has 0 aliphatic heterocycles. The van der Waals surface area contributed by atoms with E-state index in [-0.39, 0.29) is 11.7 Å². The topological polar surface area (TPSA) is 94.8 Å². The maximum atomic E-state index is 13.9. The second kappa shape index (κ2) is 7.99. The molecule has 0 saturated carbocycles. The Kier molecular flexibility index (Phi) is 5.23. The molecule has 0 aliphatic rings. The number of nitrogens with zero attached hydrogens (tertiary/aromatic N) is 5. The highest BCUT2D eigenvalue weighted by atomic mass is 32.1. The zero-order chi connectivity index (χ0) is 21.3. The summed E-state index contributed by atoms with van der Waals surface area (Å²) in [5.74, 6) is 0.267. The smallest absolute Gasteiger partial charge is 0.257 e. The van der Waals surface area contributed by atoms with Gasteiger partial charge in [-0.2, -0.15) is 9.36 Å². The Labute approximate surface area is 175 Å². The van der Waals surface area contributed by atoms with Crippen molar-refractivity contribution in [2.45, 2.75) is 13.8 Å². The van der Waals surface area contributed by atoms with Gasteiger partial charge >= 0.3 is 0 Å². The first-order valence-electron chi connectivity index (χ1n) is 8.94. The highest BCUT2D eigenvalue weighted by molar-refractivity contribution is 7.10. The van der Waals surface area contributed by atoms with Crippen LogP contribution in [-0.4, -0.2) is 37.4 Å². The van der Waals surface area contributed by atoms with Gasteiger partial charge in [0.15, 0.2) is 11.5 Å². The van der Waals surface area contributed by atoms with E-state index >= 15 is 0 Å². The summed E-state index contributed by atoms with van der Waals surface area (Å²) in [4.78, 5) is 16.8. The Bertz CT molecular complexity index is 1240. The van der Waals surface area contributed by atoms with Crippen LogP contribution in [0, 0.1) is 19.7 Å². The van der Waals surface area contributed by atoms with Crippen molar-refractivity contribution in [3.63, 3.8) is 0 Å². The minimum atomic E-state index is -0.327. The minimum Gasteiger partial charge on any atom is -0.497 e. The van der Waals surface area contributed by atoms with E-state index in [4.69, 9.17) is 4.74 Å². The highest BCUT2D eigenvalue weighted by Gasteiger charge is 2.18. The molecule has 0 bridgehead atoms. The molecule has 0 saturated heterocycles. The summed E-state index contributed by atoms with van der Waals surface area (Å²) in [6.07, 6.45) is 0. The number of carbonyl (C=O) groups excluding carboxylic acids is 1. The summed E-state index contributed by atoms with van der Waals surface area (Å²) in [6.45, 7) is 3.49. The number of carbonyl (C=O) groups is 1. The molecule has 8 nitrogen and oxygen atoms in total. The van der Waals surface area contributed by atoms with Crippen LogP contribution in [0.25, 0.3) is 17.2 Å². The number of benzene rings is 2. The molecular weight excluding hydrogens is 407 g/mol. The van der Waals surface area contributed by atoms with E-state index in [1.54, 1.807) is 50.2 Å².